The van der Waals surface area contributed by atoms with E-state index in [4.69, 9.17) is 0 Å². The van der Waals surface area contributed by atoms with Gasteiger partial charge in [-0.05, 0) is 79.9 Å². The molecular formula is C20H26O4. The van der Waals surface area contributed by atoms with Gasteiger partial charge in [0.05, 0.1) is 0 Å². The van der Waals surface area contributed by atoms with E-state index in [-0.39, 0.29) is 17.8 Å². The fourth-order valence-electron chi connectivity index (χ4n) is 6.20. The van der Waals surface area contributed by atoms with Gasteiger partial charge in [-0.2, -0.15) is 0 Å². The van der Waals surface area contributed by atoms with Crippen LogP contribution in [0.5, 0.6) is 0 Å². The highest BCUT2D eigenvalue weighted by Gasteiger charge is 2.55. The van der Waals surface area contributed by atoms with Crippen LogP contribution in [-0.2, 0) is 9.59 Å². The van der Waals surface area contributed by atoms with Crippen LogP contribution in [-0.4, -0.2) is 27.6 Å². The minimum Gasteiger partial charge on any atom is -0.359 e. The molecule has 2 fully saturated rings. The van der Waals surface area contributed by atoms with Crippen molar-refractivity contribution in [1.29, 1.82) is 0 Å². The van der Waals surface area contributed by atoms with Gasteiger partial charge in [-0.15, -0.1) is 0 Å². The standard InChI is InChI=1S/C20H26O4/c1-11(21)16-5-6-17-14-4-3-12-9-18(22)20(23,24)10-15(12)13(14)7-8-19(16,17)2/h9,14,16-17,23-24H,3-8,10H2,1-2H3/t14-,16+,17+,19-/m1/s1. The average Bonchev–Trinajstić information content (AvgIpc) is 2.85. The number of aliphatic hydroxyl groups is 2. The Labute approximate surface area is 142 Å². The number of hydrogen-bond donors (Lipinski definition) is 2. The number of Topliss-reactive ketones (excluding diaryl/α,β-unsaturated/α-hetero) is 1. The van der Waals surface area contributed by atoms with E-state index in [1.54, 1.807) is 6.92 Å². The second-order valence-corrected chi connectivity index (χ2v) is 8.53. The zero-order chi connectivity index (χ0) is 17.3. The molecule has 0 radical (unpaired) electrons. The van der Waals surface area contributed by atoms with Gasteiger partial charge in [-0.25, -0.2) is 0 Å². The van der Waals surface area contributed by atoms with E-state index in [2.05, 4.69) is 6.92 Å². The summed E-state index contributed by atoms with van der Waals surface area (Å²) in [5.74, 6) is -1.39. The third-order valence-corrected chi connectivity index (χ3v) is 7.39. The summed E-state index contributed by atoms with van der Waals surface area (Å²) in [7, 11) is 0. The maximum absolute atomic E-state index is 12.1. The lowest BCUT2D eigenvalue weighted by Crippen LogP contribution is -2.45. The molecule has 0 aromatic rings. The van der Waals surface area contributed by atoms with Crippen LogP contribution >= 0.6 is 0 Å². The first kappa shape index (κ1) is 16.2. The maximum atomic E-state index is 12.1. The third kappa shape index (κ3) is 2.12. The Morgan fingerprint density at radius 1 is 1.21 bits per heavy atom. The first-order chi connectivity index (χ1) is 11.2. The molecule has 0 bridgehead atoms. The smallest absolute Gasteiger partial charge is 0.232 e. The molecule has 4 atom stereocenters. The number of fused-ring (bicyclic) bond motifs is 4. The van der Waals surface area contributed by atoms with Gasteiger partial charge in [-0.1, -0.05) is 12.5 Å². The molecular weight excluding hydrogens is 304 g/mol. The topological polar surface area (TPSA) is 74.6 Å². The van der Waals surface area contributed by atoms with Crippen LogP contribution in [0.1, 0.15) is 58.8 Å². The summed E-state index contributed by atoms with van der Waals surface area (Å²) >= 11 is 0. The summed E-state index contributed by atoms with van der Waals surface area (Å²) in [6.45, 7) is 4.02. The zero-order valence-corrected chi connectivity index (χ0v) is 14.5. The molecule has 0 saturated heterocycles. The number of allylic oxidation sites excluding steroid dienone is 2. The highest BCUT2D eigenvalue weighted by atomic mass is 16.5. The van der Waals surface area contributed by atoms with Crippen LogP contribution < -0.4 is 0 Å². The first-order valence-electron chi connectivity index (χ1n) is 9.16. The molecule has 0 amide bonds. The van der Waals surface area contributed by atoms with E-state index in [0.29, 0.717) is 17.6 Å². The molecule has 130 valence electrons. The van der Waals surface area contributed by atoms with Gasteiger partial charge in [0.1, 0.15) is 5.78 Å². The van der Waals surface area contributed by atoms with E-state index in [1.807, 2.05) is 0 Å². The van der Waals surface area contributed by atoms with Crippen LogP contribution in [0.25, 0.3) is 0 Å². The van der Waals surface area contributed by atoms with Gasteiger partial charge in [-0.3, -0.25) is 9.59 Å². The predicted molar refractivity (Wildman–Crippen MR) is 88.9 cm³/mol. The molecule has 4 heteroatoms. The van der Waals surface area contributed by atoms with Crippen LogP contribution in [0, 0.1) is 23.2 Å². The van der Waals surface area contributed by atoms with E-state index in [1.165, 1.54) is 11.6 Å². The molecule has 0 aromatic carbocycles. The third-order valence-electron chi connectivity index (χ3n) is 7.39. The minimum atomic E-state index is -2.24. The number of carbonyl (C=O) groups excluding carboxylic acids is 2. The Bertz CT molecular complexity index is 684. The Morgan fingerprint density at radius 2 is 1.96 bits per heavy atom. The van der Waals surface area contributed by atoms with Crippen molar-refractivity contribution in [2.75, 3.05) is 0 Å². The predicted octanol–water partition coefficient (Wildman–Crippen LogP) is 2.69. The number of rotatable bonds is 1. The summed E-state index contributed by atoms with van der Waals surface area (Å²) in [5.41, 5.74) is 3.44. The molecule has 4 rings (SSSR count). The molecule has 24 heavy (non-hydrogen) atoms. The Morgan fingerprint density at radius 3 is 2.67 bits per heavy atom. The molecule has 0 aliphatic heterocycles. The fraction of sp³-hybridized carbons (Fsp3) is 0.700. The minimum absolute atomic E-state index is 0.0308. The van der Waals surface area contributed by atoms with Crippen LogP contribution in [0.2, 0.25) is 0 Å². The quantitative estimate of drug-likeness (QED) is 0.725. The van der Waals surface area contributed by atoms with E-state index in [9.17, 15) is 19.8 Å². The Kier molecular flexibility index (Phi) is 3.46. The van der Waals surface area contributed by atoms with Crippen LogP contribution in [0.4, 0.5) is 0 Å². The molecule has 0 aromatic heterocycles. The van der Waals surface area contributed by atoms with E-state index < -0.39 is 11.6 Å². The average molecular weight is 330 g/mol. The monoisotopic (exact) mass is 330 g/mol. The number of carbonyl (C=O) groups is 2. The first-order valence-corrected chi connectivity index (χ1v) is 9.16. The summed E-state index contributed by atoms with van der Waals surface area (Å²) < 4.78 is 0. The van der Waals surface area contributed by atoms with E-state index in [0.717, 1.165) is 49.7 Å². The second kappa shape index (κ2) is 5.12. The molecule has 0 heterocycles. The van der Waals surface area contributed by atoms with Crippen molar-refractivity contribution in [3.05, 3.63) is 22.8 Å². The summed E-state index contributed by atoms with van der Waals surface area (Å²) in [6, 6.07) is 0. The van der Waals surface area contributed by atoms with Crippen molar-refractivity contribution in [3.63, 3.8) is 0 Å². The zero-order valence-electron chi connectivity index (χ0n) is 14.5. The Hall–Kier alpha value is -1.26. The summed E-state index contributed by atoms with van der Waals surface area (Å²) in [4.78, 5) is 23.9. The number of hydrogen-bond acceptors (Lipinski definition) is 4. The lowest BCUT2D eigenvalue weighted by molar-refractivity contribution is -0.177. The Balaban J connectivity index is 1.74. The van der Waals surface area contributed by atoms with Crippen LogP contribution in [0.15, 0.2) is 22.8 Å². The normalized spacial score (nSPS) is 40.6. The molecule has 2 N–H and O–H groups in total. The fourth-order valence-corrected chi connectivity index (χ4v) is 6.20. The summed E-state index contributed by atoms with van der Waals surface area (Å²) in [5, 5.41) is 20.0. The van der Waals surface area contributed by atoms with Crippen molar-refractivity contribution in [2.24, 2.45) is 23.2 Å². The molecule has 4 nitrogen and oxygen atoms in total. The molecule has 0 spiro atoms. The van der Waals surface area contributed by atoms with Crippen molar-refractivity contribution in [3.8, 4) is 0 Å². The van der Waals surface area contributed by atoms with Gasteiger partial charge in [0.2, 0.25) is 11.6 Å². The van der Waals surface area contributed by atoms with Crippen molar-refractivity contribution >= 4 is 11.6 Å². The van der Waals surface area contributed by atoms with Crippen molar-refractivity contribution < 1.29 is 19.8 Å². The van der Waals surface area contributed by atoms with Crippen molar-refractivity contribution in [2.45, 2.75) is 64.6 Å². The maximum Gasteiger partial charge on any atom is 0.232 e. The van der Waals surface area contributed by atoms with Gasteiger partial charge in [0.25, 0.3) is 0 Å². The molecule has 0 unspecified atom stereocenters. The van der Waals surface area contributed by atoms with Gasteiger partial charge >= 0.3 is 0 Å². The van der Waals surface area contributed by atoms with Gasteiger partial charge < -0.3 is 10.2 Å². The lowest BCUT2D eigenvalue weighted by Gasteiger charge is -2.49. The molecule has 2 saturated carbocycles. The van der Waals surface area contributed by atoms with Crippen LogP contribution in [0.3, 0.4) is 0 Å². The molecule has 4 aliphatic carbocycles. The number of ketones is 2. The van der Waals surface area contributed by atoms with Crippen molar-refractivity contribution in [1.82, 2.24) is 0 Å². The van der Waals surface area contributed by atoms with Gasteiger partial charge in [0.15, 0.2) is 0 Å². The molecule has 4 aliphatic rings. The highest BCUT2D eigenvalue weighted by molar-refractivity contribution is 5.98. The summed E-state index contributed by atoms with van der Waals surface area (Å²) in [6.07, 6.45) is 7.31. The second-order valence-electron chi connectivity index (χ2n) is 8.53. The van der Waals surface area contributed by atoms with E-state index >= 15 is 0 Å². The highest BCUT2D eigenvalue weighted by Crippen LogP contribution is 2.62. The SMILES string of the molecule is CC(=O)[C@@H]1CC[C@H]2[C@@H]3CCC4=CC(=O)C(O)(O)CC4=C3CC[C@]12C. The van der Waals surface area contributed by atoms with Gasteiger partial charge in [0, 0.05) is 12.3 Å². The lowest BCUT2D eigenvalue weighted by atomic mass is 9.55. The largest absolute Gasteiger partial charge is 0.359 e.